The lowest BCUT2D eigenvalue weighted by molar-refractivity contribution is -0.120. The monoisotopic (exact) mass is 245 g/mol. The Morgan fingerprint density at radius 3 is 3.11 bits per heavy atom. The van der Waals surface area contributed by atoms with Crippen molar-refractivity contribution in [1.82, 2.24) is 0 Å². The first kappa shape index (κ1) is 12.4. The SMILES string of the molecule is CN1C(=O)COc2ccc(C(N)CCC#N)cc21. The van der Waals surface area contributed by atoms with Gasteiger partial charge in [-0.25, -0.2) is 0 Å². The molecule has 0 bridgehead atoms. The van der Waals surface area contributed by atoms with E-state index in [-0.39, 0.29) is 18.6 Å². The number of carbonyl (C=O) groups excluding carboxylic acids is 1. The van der Waals surface area contributed by atoms with Crippen LogP contribution in [0, 0.1) is 11.3 Å². The molecule has 0 fully saturated rings. The van der Waals surface area contributed by atoms with E-state index in [1.54, 1.807) is 11.9 Å². The standard InChI is InChI=1S/C13H15N3O2/c1-16-11-7-9(10(15)3-2-6-14)4-5-12(11)18-8-13(16)17/h4-5,7,10H,2-3,8,15H2,1H3. The maximum atomic E-state index is 11.5. The highest BCUT2D eigenvalue weighted by Gasteiger charge is 2.23. The second-order valence-corrected chi connectivity index (χ2v) is 4.27. The van der Waals surface area contributed by atoms with Gasteiger partial charge < -0.3 is 15.4 Å². The van der Waals surface area contributed by atoms with Crippen LogP contribution in [-0.4, -0.2) is 19.6 Å². The minimum absolute atomic E-state index is 0.0728. The Bertz CT molecular complexity index is 507. The molecule has 0 aliphatic carbocycles. The second-order valence-electron chi connectivity index (χ2n) is 4.27. The van der Waals surface area contributed by atoms with Crippen molar-refractivity contribution in [1.29, 1.82) is 5.26 Å². The third-order valence-corrected chi connectivity index (χ3v) is 3.06. The predicted molar refractivity (Wildman–Crippen MR) is 67.1 cm³/mol. The largest absolute Gasteiger partial charge is 0.482 e. The molecule has 1 amide bonds. The number of anilines is 1. The van der Waals surface area contributed by atoms with Gasteiger partial charge in [0.25, 0.3) is 5.91 Å². The Balaban J connectivity index is 2.26. The second kappa shape index (κ2) is 5.07. The highest BCUT2D eigenvalue weighted by atomic mass is 16.5. The summed E-state index contributed by atoms with van der Waals surface area (Å²) >= 11 is 0. The van der Waals surface area contributed by atoms with Gasteiger partial charge in [0, 0.05) is 19.5 Å². The van der Waals surface area contributed by atoms with Crippen molar-refractivity contribution < 1.29 is 9.53 Å². The number of nitriles is 1. The lowest BCUT2D eigenvalue weighted by atomic mass is 10.0. The molecule has 5 nitrogen and oxygen atoms in total. The molecule has 1 aromatic rings. The fourth-order valence-corrected chi connectivity index (χ4v) is 1.91. The van der Waals surface area contributed by atoms with E-state index in [1.807, 2.05) is 18.2 Å². The number of carbonyl (C=O) groups is 1. The molecular formula is C13H15N3O2. The molecule has 0 spiro atoms. The van der Waals surface area contributed by atoms with Crippen LogP contribution in [0.4, 0.5) is 5.69 Å². The van der Waals surface area contributed by atoms with Crippen molar-refractivity contribution in [3.05, 3.63) is 23.8 Å². The summed E-state index contributed by atoms with van der Waals surface area (Å²) < 4.78 is 5.34. The number of hydrogen-bond acceptors (Lipinski definition) is 4. The number of ether oxygens (including phenoxy) is 1. The molecule has 1 heterocycles. The number of likely N-dealkylation sites (N-methyl/N-ethyl adjacent to an activating group) is 1. The molecule has 0 saturated carbocycles. The van der Waals surface area contributed by atoms with Gasteiger partial charge in [-0.3, -0.25) is 4.79 Å². The minimum atomic E-state index is -0.194. The van der Waals surface area contributed by atoms with Gasteiger partial charge in [0.1, 0.15) is 5.75 Å². The number of amides is 1. The van der Waals surface area contributed by atoms with E-state index in [0.29, 0.717) is 18.6 Å². The van der Waals surface area contributed by atoms with Crippen LogP contribution >= 0.6 is 0 Å². The zero-order valence-electron chi connectivity index (χ0n) is 10.2. The predicted octanol–water partition coefficient (Wildman–Crippen LogP) is 1.35. The van der Waals surface area contributed by atoms with Crippen LogP contribution in [0.15, 0.2) is 18.2 Å². The zero-order chi connectivity index (χ0) is 13.1. The van der Waals surface area contributed by atoms with E-state index in [4.69, 9.17) is 15.7 Å². The van der Waals surface area contributed by atoms with E-state index in [2.05, 4.69) is 6.07 Å². The molecule has 1 atom stereocenters. The van der Waals surface area contributed by atoms with Gasteiger partial charge in [-0.05, 0) is 24.1 Å². The van der Waals surface area contributed by atoms with Crippen molar-refractivity contribution in [2.24, 2.45) is 5.73 Å². The summed E-state index contributed by atoms with van der Waals surface area (Å²) in [6.45, 7) is 0.0728. The van der Waals surface area contributed by atoms with Crippen LogP contribution in [0.25, 0.3) is 0 Å². The fourth-order valence-electron chi connectivity index (χ4n) is 1.91. The number of fused-ring (bicyclic) bond motifs is 1. The topological polar surface area (TPSA) is 79.3 Å². The average molecular weight is 245 g/mol. The van der Waals surface area contributed by atoms with Gasteiger partial charge in [0.05, 0.1) is 11.8 Å². The van der Waals surface area contributed by atoms with Gasteiger partial charge in [0.15, 0.2) is 6.61 Å². The van der Waals surface area contributed by atoms with Crippen molar-refractivity contribution in [2.75, 3.05) is 18.6 Å². The lowest BCUT2D eigenvalue weighted by Crippen LogP contribution is -2.35. The number of rotatable bonds is 3. The first-order valence-corrected chi connectivity index (χ1v) is 5.79. The molecule has 94 valence electrons. The number of nitrogens with two attached hydrogens (primary N) is 1. The Morgan fingerprint density at radius 2 is 2.39 bits per heavy atom. The third kappa shape index (κ3) is 2.29. The summed E-state index contributed by atoms with van der Waals surface area (Å²) in [4.78, 5) is 13.1. The highest BCUT2D eigenvalue weighted by molar-refractivity contribution is 5.97. The van der Waals surface area contributed by atoms with Crippen LogP contribution in [-0.2, 0) is 4.79 Å². The molecular weight excluding hydrogens is 230 g/mol. The normalized spacial score (nSPS) is 15.6. The van der Waals surface area contributed by atoms with Gasteiger partial charge in [-0.15, -0.1) is 0 Å². The molecule has 1 aliphatic rings. The van der Waals surface area contributed by atoms with Crippen LogP contribution in [0.5, 0.6) is 5.75 Å². The van der Waals surface area contributed by atoms with E-state index in [0.717, 1.165) is 11.3 Å². The Hall–Kier alpha value is -2.06. The van der Waals surface area contributed by atoms with Crippen LogP contribution in [0.1, 0.15) is 24.4 Å². The number of hydrogen-bond donors (Lipinski definition) is 1. The van der Waals surface area contributed by atoms with Crippen LogP contribution in [0.3, 0.4) is 0 Å². The van der Waals surface area contributed by atoms with Gasteiger partial charge in [-0.2, -0.15) is 5.26 Å². The maximum absolute atomic E-state index is 11.5. The molecule has 0 saturated heterocycles. The molecule has 1 aliphatic heterocycles. The molecule has 5 heteroatoms. The van der Waals surface area contributed by atoms with Crippen molar-refractivity contribution in [2.45, 2.75) is 18.9 Å². The highest BCUT2D eigenvalue weighted by Crippen LogP contribution is 2.33. The lowest BCUT2D eigenvalue weighted by Gasteiger charge is -2.27. The molecule has 0 aromatic heterocycles. The summed E-state index contributed by atoms with van der Waals surface area (Å²) in [5.74, 6) is 0.610. The van der Waals surface area contributed by atoms with Crippen LogP contribution < -0.4 is 15.4 Å². The smallest absolute Gasteiger partial charge is 0.264 e. The first-order chi connectivity index (χ1) is 8.63. The Morgan fingerprint density at radius 1 is 1.61 bits per heavy atom. The summed E-state index contributed by atoms with van der Waals surface area (Å²) in [6, 6.07) is 7.44. The van der Waals surface area contributed by atoms with Gasteiger partial charge >= 0.3 is 0 Å². The third-order valence-electron chi connectivity index (χ3n) is 3.06. The number of benzene rings is 1. The van der Waals surface area contributed by atoms with Gasteiger partial charge in [-0.1, -0.05) is 6.07 Å². The molecule has 0 radical (unpaired) electrons. The number of nitrogens with zero attached hydrogens (tertiary/aromatic N) is 2. The van der Waals surface area contributed by atoms with Crippen molar-refractivity contribution in [3.8, 4) is 11.8 Å². The molecule has 1 unspecified atom stereocenters. The summed E-state index contributed by atoms with van der Waals surface area (Å²) in [7, 11) is 1.72. The zero-order valence-corrected chi connectivity index (χ0v) is 10.2. The van der Waals surface area contributed by atoms with E-state index in [1.165, 1.54) is 0 Å². The van der Waals surface area contributed by atoms with E-state index < -0.39 is 0 Å². The van der Waals surface area contributed by atoms with Gasteiger partial charge in [0.2, 0.25) is 0 Å². The van der Waals surface area contributed by atoms with Crippen LogP contribution in [0.2, 0.25) is 0 Å². The summed E-state index contributed by atoms with van der Waals surface area (Å²) in [5.41, 5.74) is 7.64. The summed E-state index contributed by atoms with van der Waals surface area (Å²) in [5, 5.41) is 8.55. The minimum Gasteiger partial charge on any atom is -0.482 e. The van der Waals surface area contributed by atoms with Crippen molar-refractivity contribution in [3.63, 3.8) is 0 Å². The van der Waals surface area contributed by atoms with Crippen molar-refractivity contribution >= 4 is 11.6 Å². The molecule has 2 N–H and O–H groups in total. The first-order valence-electron chi connectivity index (χ1n) is 5.79. The fraction of sp³-hybridized carbons (Fsp3) is 0.385. The molecule has 2 rings (SSSR count). The maximum Gasteiger partial charge on any atom is 0.264 e. The molecule has 18 heavy (non-hydrogen) atoms. The quantitative estimate of drug-likeness (QED) is 0.871. The molecule has 1 aromatic carbocycles. The Kier molecular flexibility index (Phi) is 3.49. The van der Waals surface area contributed by atoms with E-state index in [9.17, 15) is 4.79 Å². The van der Waals surface area contributed by atoms with E-state index >= 15 is 0 Å². The Labute approximate surface area is 106 Å². The summed E-state index contributed by atoms with van der Waals surface area (Å²) in [6.07, 6.45) is 1.03. The average Bonchev–Trinajstić information content (AvgIpc) is 2.40.